The standard InChI is InChI=1S/C24H23N3O4/c1-15(28)25-13-19-14-27(24(29)30-19)18-10-11-20-17(12-18)8-5-9-21-22(26-31-23(20)21)16-6-3-2-4-7-16/h2-4,6-7,10-12,19H,5,8-9,13-14H2,1H3,(H,25,28). The van der Waals surface area contributed by atoms with Gasteiger partial charge in [-0.2, -0.15) is 0 Å². The Hall–Kier alpha value is -3.61. The first-order chi connectivity index (χ1) is 15.1. The monoisotopic (exact) mass is 417 g/mol. The Morgan fingerprint density at radius 1 is 1.19 bits per heavy atom. The molecule has 1 aliphatic heterocycles. The van der Waals surface area contributed by atoms with Gasteiger partial charge in [0.1, 0.15) is 11.8 Å². The minimum atomic E-state index is -0.393. The highest BCUT2D eigenvalue weighted by atomic mass is 16.6. The van der Waals surface area contributed by atoms with E-state index in [-0.39, 0.29) is 12.0 Å². The van der Waals surface area contributed by atoms with E-state index in [1.165, 1.54) is 6.92 Å². The highest BCUT2D eigenvalue weighted by molar-refractivity contribution is 5.90. The summed E-state index contributed by atoms with van der Waals surface area (Å²) in [5.74, 6) is 0.669. The molecule has 2 amide bonds. The lowest BCUT2D eigenvalue weighted by atomic mass is 10.00. The van der Waals surface area contributed by atoms with Gasteiger partial charge in [0, 0.05) is 29.3 Å². The molecule has 7 nitrogen and oxygen atoms in total. The maximum atomic E-state index is 12.4. The number of benzene rings is 2. The molecule has 2 aromatic carbocycles. The zero-order chi connectivity index (χ0) is 21.4. The van der Waals surface area contributed by atoms with Crippen LogP contribution in [0.25, 0.3) is 22.6 Å². The van der Waals surface area contributed by atoms with Gasteiger partial charge in [-0.3, -0.25) is 9.69 Å². The fourth-order valence-corrected chi connectivity index (χ4v) is 4.30. The highest BCUT2D eigenvalue weighted by Gasteiger charge is 2.33. The van der Waals surface area contributed by atoms with Gasteiger partial charge in [-0.15, -0.1) is 0 Å². The van der Waals surface area contributed by atoms with Crippen molar-refractivity contribution in [2.75, 3.05) is 18.0 Å². The van der Waals surface area contributed by atoms with E-state index in [2.05, 4.69) is 10.5 Å². The van der Waals surface area contributed by atoms with Crippen LogP contribution >= 0.6 is 0 Å². The molecule has 0 spiro atoms. The van der Waals surface area contributed by atoms with E-state index in [0.29, 0.717) is 13.1 Å². The summed E-state index contributed by atoms with van der Waals surface area (Å²) in [6.45, 7) is 2.16. The summed E-state index contributed by atoms with van der Waals surface area (Å²) in [6.07, 6.45) is 2.00. The van der Waals surface area contributed by atoms with Gasteiger partial charge in [-0.25, -0.2) is 4.79 Å². The predicted molar refractivity (Wildman–Crippen MR) is 116 cm³/mol. The number of rotatable bonds is 4. The van der Waals surface area contributed by atoms with Gasteiger partial charge in [0.25, 0.3) is 0 Å². The summed E-state index contributed by atoms with van der Waals surface area (Å²) in [7, 11) is 0. The molecule has 0 radical (unpaired) electrons. The van der Waals surface area contributed by atoms with E-state index < -0.39 is 6.09 Å². The van der Waals surface area contributed by atoms with Gasteiger partial charge in [-0.1, -0.05) is 35.5 Å². The Kier molecular flexibility index (Phi) is 4.94. The quantitative estimate of drug-likeness (QED) is 0.695. The first kappa shape index (κ1) is 19.4. The van der Waals surface area contributed by atoms with Crippen molar-refractivity contribution in [2.24, 2.45) is 0 Å². The van der Waals surface area contributed by atoms with Crippen molar-refractivity contribution in [1.82, 2.24) is 10.5 Å². The number of aromatic nitrogens is 1. The minimum absolute atomic E-state index is 0.141. The van der Waals surface area contributed by atoms with E-state index in [0.717, 1.165) is 58.7 Å². The molecule has 1 N–H and O–H groups in total. The number of fused-ring (bicyclic) bond motifs is 3. The van der Waals surface area contributed by atoms with Crippen LogP contribution in [0.15, 0.2) is 53.1 Å². The molecule has 1 aliphatic carbocycles. The number of carbonyl (C=O) groups is 2. The largest absolute Gasteiger partial charge is 0.442 e. The van der Waals surface area contributed by atoms with Gasteiger partial charge < -0.3 is 14.6 Å². The SMILES string of the molecule is CC(=O)NCC1CN(c2ccc3c(c2)CCCc2c(-c4ccccc4)noc2-3)C(=O)O1. The number of carbonyl (C=O) groups excluding carboxylic acids is 2. The third-order valence-electron chi connectivity index (χ3n) is 5.81. The molecule has 7 heteroatoms. The van der Waals surface area contributed by atoms with E-state index in [4.69, 9.17) is 9.26 Å². The number of amides is 2. The molecule has 2 aliphatic rings. The van der Waals surface area contributed by atoms with Crippen molar-refractivity contribution in [3.63, 3.8) is 0 Å². The number of hydrogen-bond donors (Lipinski definition) is 1. The molecule has 0 bridgehead atoms. The third kappa shape index (κ3) is 3.67. The number of hydrogen-bond acceptors (Lipinski definition) is 5. The average molecular weight is 417 g/mol. The van der Waals surface area contributed by atoms with Crippen LogP contribution in [-0.4, -0.2) is 36.4 Å². The minimum Gasteiger partial charge on any atom is -0.442 e. The van der Waals surface area contributed by atoms with Crippen LogP contribution in [0.2, 0.25) is 0 Å². The highest BCUT2D eigenvalue weighted by Crippen LogP contribution is 2.39. The van der Waals surface area contributed by atoms with Crippen LogP contribution in [-0.2, 0) is 22.4 Å². The van der Waals surface area contributed by atoms with Gasteiger partial charge in [-0.05, 0) is 43.0 Å². The van der Waals surface area contributed by atoms with E-state index >= 15 is 0 Å². The fraction of sp³-hybridized carbons (Fsp3) is 0.292. The normalized spacial score (nSPS) is 17.5. The zero-order valence-corrected chi connectivity index (χ0v) is 17.3. The first-order valence-electron chi connectivity index (χ1n) is 10.5. The molecular weight excluding hydrogens is 394 g/mol. The topological polar surface area (TPSA) is 84.7 Å². The second kappa shape index (κ2) is 7.91. The Balaban J connectivity index is 1.43. The molecule has 2 heterocycles. The van der Waals surface area contributed by atoms with E-state index in [1.54, 1.807) is 4.90 Å². The van der Waals surface area contributed by atoms with Crippen molar-refractivity contribution in [2.45, 2.75) is 32.3 Å². The number of ether oxygens (including phenoxy) is 1. The Morgan fingerprint density at radius 3 is 2.84 bits per heavy atom. The van der Waals surface area contributed by atoms with Crippen molar-refractivity contribution in [3.8, 4) is 22.6 Å². The lowest BCUT2D eigenvalue weighted by Crippen LogP contribution is -2.33. The lowest BCUT2D eigenvalue weighted by Gasteiger charge is -2.15. The van der Waals surface area contributed by atoms with Crippen LogP contribution in [0, 0.1) is 0 Å². The summed E-state index contributed by atoms with van der Waals surface area (Å²) >= 11 is 0. The number of cyclic esters (lactones) is 1. The third-order valence-corrected chi connectivity index (χ3v) is 5.81. The fourth-order valence-electron chi connectivity index (χ4n) is 4.30. The molecule has 1 fully saturated rings. The Labute approximate surface area is 180 Å². The summed E-state index contributed by atoms with van der Waals surface area (Å²) < 4.78 is 11.2. The van der Waals surface area contributed by atoms with Gasteiger partial charge in [0.15, 0.2) is 5.76 Å². The molecule has 1 atom stereocenters. The van der Waals surface area contributed by atoms with E-state index in [1.807, 2.05) is 48.5 Å². The van der Waals surface area contributed by atoms with Crippen molar-refractivity contribution in [1.29, 1.82) is 0 Å². The van der Waals surface area contributed by atoms with Gasteiger partial charge in [0.05, 0.1) is 13.1 Å². The number of nitrogens with zero attached hydrogens (tertiary/aromatic N) is 2. The maximum Gasteiger partial charge on any atom is 0.414 e. The lowest BCUT2D eigenvalue weighted by molar-refractivity contribution is -0.119. The molecule has 1 saturated heterocycles. The first-order valence-corrected chi connectivity index (χ1v) is 10.5. The molecule has 1 aromatic heterocycles. The molecule has 0 saturated carbocycles. The van der Waals surface area contributed by atoms with Gasteiger partial charge in [0.2, 0.25) is 5.91 Å². The molecule has 158 valence electrons. The second-order valence-electron chi connectivity index (χ2n) is 7.95. The van der Waals surface area contributed by atoms with Crippen LogP contribution in [0.1, 0.15) is 24.5 Å². The molecule has 5 rings (SSSR count). The van der Waals surface area contributed by atoms with Crippen LogP contribution in [0.4, 0.5) is 10.5 Å². The summed E-state index contributed by atoms with van der Waals surface area (Å²) in [4.78, 5) is 25.1. The van der Waals surface area contributed by atoms with Crippen molar-refractivity contribution >= 4 is 17.7 Å². The summed E-state index contributed by atoms with van der Waals surface area (Å²) in [5.41, 5.74) is 6.03. The van der Waals surface area contributed by atoms with Crippen molar-refractivity contribution < 1.29 is 18.8 Å². The van der Waals surface area contributed by atoms with Crippen LogP contribution in [0.5, 0.6) is 0 Å². The van der Waals surface area contributed by atoms with Crippen molar-refractivity contribution in [3.05, 3.63) is 59.7 Å². The van der Waals surface area contributed by atoms with Crippen LogP contribution in [0.3, 0.4) is 0 Å². The Bertz CT molecular complexity index is 1140. The molecular formula is C24H23N3O4. The maximum absolute atomic E-state index is 12.4. The number of anilines is 1. The summed E-state index contributed by atoms with van der Waals surface area (Å²) in [6, 6.07) is 16.0. The Morgan fingerprint density at radius 2 is 2.03 bits per heavy atom. The smallest absolute Gasteiger partial charge is 0.414 e. The van der Waals surface area contributed by atoms with E-state index in [9.17, 15) is 9.59 Å². The van der Waals surface area contributed by atoms with Gasteiger partial charge >= 0.3 is 6.09 Å². The molecule has 1 unspecified atom stereocenters. The average Bonchev–Trinajstić information content (AvgIpc) is 3.31. The van der Waals surface area contributed by atoms with Crippen LogP contribution < -0.4 is 10.2 Å². The zero-order valence-electron chi connectivity index (χ0n) is 17.3. The number of nitrogens with one attached hydrogen (secondary N) is 1. The summed E-state index contributed by atoms with van der Waals surface area (Å²) in [5, 5.41) is 7.07. The molecule has 3 aromatic rings. The predicted octanol–water partition coefficient (Wildman–Crippen LogP) is 3.96. The second-order valence-corrected chi connectivity index (χ2v) is 7.95. The number of aryl methyl sites for hydroxylation is 1. The molecule has 31 heavy (non-hydrogen) atoms.